The molecule has 0 radical (unpaired) electrons. The monoisotopic (exact) mass is 455 g/mol. The van der Waals surface area contributed by atoms with Crippen LogP contribution in [0.1, 0.15) is 31.7 Å². The zero-order valence-corrected chi connectivity index (χ0v) is 19.5. The Hall–Kier alpha value is -2.42. The zero-order chi connectivity index (χ0) is 21.8. The summed E-state index contributed by atoms with van der Waals surface area (Å²) < 4.78 is 13.3. The van der Waals surface area contributed by atoms with Crippen LogP contribution in [0, 0.1) is 6.92 Å². The van der Waals surface area contributed by atoms with Gasteiger partial charge in [0.25, 0.3) is 5.56 Å². The molecule has 0 unspecified atom stereocenters. The molecule has 0 bridgehead atoms. The van der Waals surface area contributed by atoms with E-state index in [1.54, 1.807) is 15.9 Å². The van der Waals surface area contributed by atoms with Crippen molar-refractivity contribution in [3.05, 3.63) is 63.6 Å². The van der Waals surface area contributed by atoms with Crippen molar-refractivity contribution in [1.29, 1.82) is 0 Å². The van der Waals surface area contributed by atoms with Crippen molar-refractivity contribution in [1.82, 2.24) is 14.5 Å². The van der Waals surface area contributed by atoms with E-state index in [2.05, 4.69) is 4.98 Å². The summed E-state index contributed by atoms with van der Waals surface area (Å²) in [6, 6.07) is 11.5. The Morgan fingerprint density at radius 3 is 2.81 bits per heavy atom. The zero-order valence-electron chi connectivity index (χ0n) is 17.8. The molecule has 0 amide bonds. The number of ether oxygens (including phenoxy) is 1. The molecule has 0 aliphatic carbocycles. The van der Waals surface area contributed by atoms with E-state index in [0.717, 1.165) is 22.8 Å². The maximum absolute atomic E-state index is 13.2. The summed E-state index contributed by atoms with van der Waals surface area (Å²) in [4.78, 5) is 23.6. The van der Waals surface area contributed by atoms with Gasteiger partial charge in [0.1, 0.15) is 5.76 Å². The number of aromatic nitrogens is 3. The lowest BCUT2D eigenvalue weighted by Crippen LogP contribution is -2.24. The molecular formula is C23H25N3O3S2. The van der Waals surface area contributed by atoms with Crippen LogP contribution in [-0.2, 0) is 17.0 Å². The van der Waals surface area contributed by atoms with Crippen LogP contribution >= 0.6 is 23.1 Å². The quantitative estimate of drug-likeness (QED) is 0.188. The predicted octanol–water partition coefficient (Wildman–Crippen LogP) is 5.53. The van der Waals surface area contributed by atoms with E-state index in [9.17, 15) is 4.79 Å². The lowest BCUT2D eigenvalue weighted by atomic mass is 10.2. The van der Waals surface area contributed by atoms with E-state index in [4.69, 9.17) is 14.1 Å². The lowest BCUT2D eigenvalue weighted by Gasteiger charge is -2.13. The molecule has 162 valence electrons. The molecule has 0 fully saturated rings. The van der Waals surface area contributed by atoms with Crippen LogP contribution in [0.4, 0.5) is 0 Å². The van der Waals surface area contributed by atoms with Gasteiger partial charge in [0.15, 0.2) is 5.16 Å². The van der Waals surface area contributed by atoms with Gasteiger partial charge in [0, 0.05) is 18.9 Å². The van der Waals surface area contributed by atoms with E-state index in [1.165, 1.54) is 11.8 Å². The molecular weight excluding hydrogens is 430 g/mol. The first kappa shape index (κ1) is 21.8. The Morgan fingerprint density at radius 2 is 2.03 bits per heavy atom. The fourth-order valence-corrected chi connectivity index (χ4v) is 4.87. The summed E-state index contributed by atoms with van der Waals surface area (Å²) in [5.41, 5.74) is 1.56. The fraction of sp³-hybridized carbons (Fsp3) is 0.348. The molecule has 3 heterocycles. The summed E-state index contributed by atoms with van der Waals surface area (Å²) in [5.74, 6) is 2.00. The first-order valence-electron chi connectivity index (χ1n) is 10.3. The van der Waals surface area contributed by atoms with Crippen LogP contribution < -0.4 is 5.56 Å². The number of benzene rings is 1. The Morgan fingerprint density at radius 1 is 1.19 bits per heavy atom. The Balaban J connectivity index is 1.58. The number of fused-ring (bicyclic) bond motifs is 1. The number of nitrogens with zero attached hydrogens (tertiary/aromatic N) is 3. The average molecular weight is 456 g/mol. The van der Waals surface area contributed by atoms with Gasteiger partial charge in [-0.2, -0.15) is 0 Å². The molecule has 6 nitrogen and oxygen atoms in total. The molecule has 3 aromatic heterocycles. The first-order chi connectivity index (χ1) is 15.0. The molecule has 0 saturated carbocycles. The van der Waals surface area contributed by atoms with Crippen molar-refractivity contribution in [2.75, 3.05) is 6.61 Å². The van der Waals surface area contributed by atoms with Gasteiger partial charge < -0.3 is 9.15 Å². The van der Waals surface area contributed by atoms with E-state index >= 15 is 0 Å². The number of hydrogen-bond donors (Lipinski definition) is 0. The van der Waals surface area contributed by atoms with Crippen molar-refractivity contribution in [2.24, 2.45) is 0 Å². The van der Waals surface area contributed by atoms with Crippen molar-refractivity contribution >= 4 is 34.0 Å². The van der Waals surface area contributed by atoms with Crippen molar-refractivity contribution in [3.8, 4) is 10.8 Å². The second-order valence-corrected chi connectivity index (χ2v) is 9.32. The number of thiophene rings is 1. The van der Waals surface area contributed by atoms with Crippen LogP contribution in [0.15, 0.2) is 56.1 Å². The van der Waals surface area contributed by atoms with E-state index in [0.29, 0.717) is 40.9 Å². The van der Waals surface area contributed by atoms with Crippen molar-refractivity contribution in [3.63, 3.8) is 0 Å². The highest BCUT2D eigenvalue weighted by molar-refractivity contribution is 7.98. The molecule has 0 N–H and O–H groups in total. The first-order valence-corrected chi connectivity index (χ1v) is 12.1. The summed E-state index contributed by atoms with van der Waals surface area (Å²) in [6.45, 7) is 7.10. The molecule has 4 aromatic rings. The third-order valence-electron chi connectivity index (χ3n) is 4.77. The fourth-order valence-electron chi connectivity index (χ4n) is 3.20. The third kappa shape index (κ3) is 5.08. The van der Waals surface area contributed by atoms with Gasteiger partial charge in [-0.15, -0.1) is 11.3 Å². The highest BCUT2D eigenvalue weighted by Crippen LogP contribution is 2.29. The number of thioether (sulfide) groups is 1. The molecule has 1 aromatic carbocycles. The van der Waals surface area contributed by atoms with E-state index in [-0.39, 0.29) is 11.7 Å². The smallest absolute Gasteiger partial charge is 0.262 e. The number of hydrogen-bond acceptors (Lipinski definition) is 7. The minimum Gasteiger partial charge on any atom is -0.440 e. The van der Waals surface area contributed by atoms with E-state index < -0.39 is 0 Å². The normalized spacial score (nSPS) is 11.6. The number of aryl methyl sites for hydroxylation is 1. The second-order valence-electron chi connectivity index (χ2n) is 7.43. The Bertz CT molecular complexity index is 1210. The summed E-state index contributed by atoms with van der Waals surface area (Å²) in [6.07, 6.45) is 0.921. The number of rotatable bonds is 9. The van der Waals surface area contributed by atoms with Crippen LogP contribution in [0.25, 0.3) is 21.7 Å². The topological polar surface area (TPSA) is 70.2 Å². The van der Waals surface area contributed by atoms with Gasteiger partial charge in [-0.1, -0.05) is 30.0 Å². The molecule has 31 heavy (non-hydrogen) atoms. The average Bonchev–Trinajstić information content (AvgIpc) is 3.41. The minimum absolute atomic E-state index is 0.0196. The predicted molar refractivity (Wildman–Crippen MR) is 126 cm³/mol. The van der Waals surface area contributed by atoms with Crippen LogP contribution in [0.2, 0.25) is 0 Å². The number of para-hydroxylation sites is 1. The van der Waals surface area contributed by atoms with Crippen LogP contribution in [0.3, 0.4) is 0 Å². The molecule has 0 aliphatic heterocycles. The summed E-state index contributed by atoms with van der Waals surface area (Å²) >= 11 is 3.11. The molecule has 0 saturated heterocycles. The van der Waals surface area contributed by atoms with Gasteiger partial charge in [-0.25, -0.2) is 9.97 Å². The van der Waals surface area contributed by atoms with Crippen LogP contribution in [-0.4, -0.2) is 27.2 Å². The van der Waals surface area contributed by atoms with Crippen LogP contribution in [0.5, 0.6) is 0 Å². The standard InChI is InChI=1S/C23H25N3O3S2/c1-15(2)28-12-7-11-26-22(27)17-8-4-5-9-18(17)25-23(26)31-14-19-16(3)29-21(24-19)20-10-6-13-30-20/h4-6,8-10,13,15H,7,11-12,14H2,1-3H3. The van der Waals surface area contributed by atoms with Gasteiger partial charge in [0.05, 0.1) is 27.6 Å². The Labute approximate surface area is 189 Å². The minimum atomic E-state index is -0.0196. The highest BCUT2D eigenvalue weighted by atomic mass is 32.2. The van der Waals surface area contributed by atoms with Crippen molar-refractivity contribution in [2.45, 2.75) is 50.8 Å². The second kappa shape index (κ2) is 9.80. The molecule has 4 rings (SSSR count). The molecule has 0 atom stereocenters. The number of oxazole rings is 1. The maximum Gasteiger partial charge on any atom is 0.262 e. The molecule has 0 aliphatic rings. The highest BCUT2D eigenvalue weighted by Gasteiger charge is 2.16. The Kier molecular flexibility index (Phi) is 6.89. The SMILES string of the molecule is Cc1oc(-c2cccs2)nc1CSc1nc2ccccc2c(=O)n1CCCOC(C)C. The largest absolute Gasteiger partial charge is 0.440 e. The molecule has 8 heteroatoms. The van der Waals surface area contributed by atoms with Gasteiger partial charge >= 0.3 is 0 Å². The maximum atomic E-state index is 13.2. The van der Waals surface area contributed by atoms with Gasteiger partial charge in [-0.05, 0) is 50.8 Å². The summed E-state index contributed by atoms with van der Waals surface area (Å²) in [5, 5.41) is 3.33. The summed E-state index contributed by atoms with van der Waals surface area (Å²) in [7, 11) is 0. The molecule has 0 spiro atoms. The van der Waals surface area contributed by atoms with Crippen molar-refractivity contribution < 1.29 is 9.15 Å². The lowest BCUT2D eigenvalue weighted by molar-refractivity contribution is 0.0743. The van der Waals surface area contributed by atoms with Gasteiger partial charge in [0.2, 0.25) is 5.89 Å². The third-order valence-corrected chi connectivity index (χ3v) is 6.61. The van der Waals surface area contributed by atoms with Gasteiger partial charge in [-0.3, -0.25) is 9.36 Å². The van der Waals surface area contributed by atoms with E-state index in [1.807, 2.05) is 62.5 Å².